The smallest absolute Gasteiger partial charge is 0.241 e. The molecule has 0 atom stereocenters. The Balaban J connectivity index is 2.08. The van der Waals surface area contributed by atoms with Crippen molar-refractivity contribution < 1.29 is 13.2 Å². The van der Waals surface area contributed by atoms with Gasteiger partial charge >= 0.3 is 0 Å². The fraction of sp³-hybridized carbons (Fsp3) is 0.278. The number of rotatable bonds is 5. The van der Waals surface area contributed by atoms with Gasteiger partial charge in [-0.1, -0.05) is 23.7 Å². The van der Waals surface area contributed by atoms with Gasteiger partial charge in [-0.25, -0.2) is 13.1 Å². The molecule has 0 spiro atoms. The minimum Gasteiger partial charge on any atom is -0.323 e. The van der Waals surface area contributed by atoms with Crippen LogP contribution in [0.25, 0.3) is 0 Å². The summed E-state index contributed by atoms with van der Waals surface area (Å²) in [6.45, 7) is 7.10. The quantitative estimate of drug-likeness (QED) is 0.833. The second-order valence-corrected chi connectivity index (χ2v) is 8.23. The Morgan fingerprint density at radius 1 is 1.00 bits per heavy atom. The summed E-state index contributed by atoms with van der Waals surface area (Å²) in [5.74, 6) is -0.485. The highest BCUT2D eigenvalue weighted by Crippen LogP contribution is 2.27. The van der Waals surface area contributed by atoms with Gasteiger partial charge in [-0.3, -0.25) is 4.79 Å². The molecule has 2 N–H and O–H groups in total. The van der Waals surface area contributed by atoms with Crippen LogP contribution in [0.2, 0.25) is 5.02 Å². The number of hydrogen-bond acceptors (Lipinski definition) is 3. The summed E-state index contributed by atoms with van der Waals surface area (Å²) in [4.78, 5) is 12.2. The molecule has 0 radical (unpaired) electrons. The SMILES string of the molecule is Cc1cc(C)c(NC(=O)CNS(=O)(=O)c2ccc(C)c(C)c2)c(Cl)c1. The average molecular weight is 381 g/mol. The van der Waals surface area contributed by atoms with Crippen LogP contribution in [0.15, 0.2) is 35.2 Å². The summed E-state index contributed by atoms with van der Waals surface area (Å²) in [5.41, 5.74) is 4.16. The molecule has 0 bridgehead atoms. The van der Waals surface area contributed by atoms with E-state index < -0.39 is 15.9 Å². The van der Waals surface area contributed by atoms with Gasteiger partial charge in [-0.2, -0.15) is 0 Å². The maximum atomic E-state index is 12.3. The fourth-order valence-corrected chi connectivity index (χ4v) is 3.82. The molecule has 0 unspecified atom stereocenters. The van der Waals surface area contributed by atoms with E-state index in [1.54, 1.807) is 18.2 Å². The van der Waals surface area contributed by atoms with E-state index in [0.29, 0.717) is 10.7 Å². The van der Waals surface area contributed by atoms with Crippen LogP contribution in [0.1, 0.15) is 22.3 Å². The number of anilines is 1. The van der Waals surface area contributed by atoms with Crippen molar-refractivity contribution in [3.05, 3.63) is 57.6 Å². The van der Waals surface area contributed by atoms with Crippen LogP contribution in [-0.2, 0) is 14.8 Å². The number of nitrogens with one attached hydrogen (secondary N) is 2. The van der Waals surface area contributed by atoms with E-state index in [-0.39, 0.29) is 11.4 Å². The van der Waals surface area contributed by atoms with Gasteiger partial charge in [-0.05, 0) is 68.1 Å². The summed E-state index contributed by atoms with van der Waals surface area (Å²) in [6, 6.07) is 8.46. The molecule has 25 heavy (non-hydrogen) atoms. The summed E-state index contributed by atoms with van der Waals surface area (Å²) in [5, 5.41) is 3.07. The third-order valence-corrected chi connectivity index (χ3v) is 5.60. The van der Waals surface area contributed by atoms with Crippen LogP contribution in [0.5, 0.6) is 0 Å². The standard InChI is InChI=1S/C18H21ClN2O3S/c1-11-7-14(4)18(16(19)8-11)21-17(22)10-20-25(23,24)15-6-5-12(2)13(3)9-15/h5-9,20H,10H2,1-4H3,(H,21,22). The van der Waals surface area contributed by atoms with Crippen molar-refractivity contribution >= 4 is 33.2 Å². The number of benzene rings is 2. The molecule has 1 amide bonds. The zero-order valence-corrected chi connectivity index (χ0v) is 16.2. The molecule has 0 heterocycles. The first kappa shape index (κ1) is 19.4. The maximum absolute atomic E-state index is 12.3. The molecule has 0 aliphatic rings. The molecular formula is C18H21ClN2O3S. The van der Waals surface area contributed by atoms with Gasteiger partial charge in [0.15, 0.2) is 0 Å². The molecule has 2 rings (SSSR count). The van der Waals surface area contributed by atoms with E-state index >= 15 is 0 Å². The molecule has 7 heteroatoms. The van der Waals surface area contributed by atoms with E-state index in [0.717, 1.165) is 22.3 Å². The summed E-state index contributed by atoms with van der Waals surface area (Å²) in [6.07, 6.45) is 0. The highest BCUT2D eigenvalue weighted by molar-refractivity contribution is 7.89. The largest absolute Gasteiger partial charge is 0.323 e. The summed E-state index contributed by atoms with van der Waals surface area (Å²) >= 11 is 6.14. The van der Waals surface area contributed by atoms with Gasteiger partial charge in [-0.15, -0.1) is 0 Å². The zero-order chi connectivity index (χ0) is 18.8. The first-order valence-electron chi connectivity index (χ1n) is 7.73. The Morgan fingerprint density at radius 2 is 1.68 bits per heavy atom. The normalized spacial score (nSPS) is 11.4. The zero-order valence-electron chi connectivity index (χ0n) is 14.6. The highest BCUT2D eigenvalue weighted by Gasteiger charge is 2.17. The maximum Gasteiger partial charge on any atom is 0.241 e. The number of carbonyl (C=O) groups excluding carboxylic acids is 1. The molecule has 2 aromatic rings. The van der Waals surface area contributed by atoms with Gasteiger partial charge in [0.05, 0.1) is 22.2 Å². The van der Waals surface area contributed by atoms with Gasteiger partial charge in [0.2, 0.25) is 15.9 Å². The van der Waals surface area contributed by atoms with Crippen molar-refractivity contribution in [2.75, 3.05) is 11.9 Å². The molecule has 2 aromatic carbocycles. The lowest BCUT2D eigenvalue weighted by molar-refractivity contribution is -0.115. The molecule has 134 valence electrons. The number of sulfonamides is 1. The lowest BCUT2D eigenvalue weighted by Gasteiger charge is -2.12. The minimum absolute atomic E-state index is 0.132. The average Bonchev–Trinajstić information content (AvgIpc) is 2.51. The Bertz CT molecular complexity index is 901. The van der Waals surface area contributed by atoms with Gasteiger partial charge in [0.1, 0.15) is 0 Å². The lowest BCUT2D eigenvalue weighted by Crippen LogP contribution is -2.33. The lowest BCUT2D eigenvalue weighted by atomic mass is 10.1. The Labute approximate surface area is 153 Å². The number of carbonyl (C=O) groups is 1. The highest BCUT2D eigenvalue weighted by atomic mass is 35.5. The molecule has 0 fully saturated rings. The number of aryl methyl sites for hydroxylation is 4. The molecule has 0 aliphatic carbocycles. The molecule has 0 saturated carbocycles. The predicted octanol–water partition coefficient (Wildman–Crippen LogP) is 3.49. The Morgan fingerprint density at radius 3 is 2.28 bits per heavy atom. The van der Waals surface area contributed by atoms with Gasteiger partial charge in [0, 0.05) is 0 Å². The van der Waals surface area contributed by atoms with Crippen molar-refractivity contribution in [3.63, 3.8) is 0 Å². The Hall–Kier alpha value is -1.89. The van der Waals surface area contributed by atoms with Crippen molar-refractivity contribution in [1.82, 2.24) is 4.72 Å². The van der Waals surface area contributed by atoms with Crippen molar-refractivity contribution in [3.8, 4) is 0 Å². The van der Waals surface area contributed by atoms with Crippen LogP contribution < -0.4 is 10.0 Å². The van der Waals surface area contributed by atoms with E-state index in [2.05, 4.69) is 10.0 Å². The number of amides is 1. The van der Waals surface area contributed by atoms with Gasteiger partial charge < -0.3 is 5.32 Å². The first-order chi connectivity index (χ1) is 11.6. The van der Waals surface area contributed by atoms with E-state index in [1.807, 2.05) is 33.8 Å². The van der Waals surface area contributed by atoms with Crippen molar-refractivity contribution in [2.45, 2.75) is 32.6 Å². The number of hydrogen-bond donors (Lipinski definition) is 2. The number of halogens is 1. The van der Waals surface area contributed by atoms with E-state index in [4.69, 9.17) is 11.6 Å². The topological polar surface area (TPSA) is 75.3 Å². The second kappa shape index (κ2) is 7.56. The van der Waals surface area contributed by atoms with Gasteiger partial charge in [0.25, 0.3) is 0 Å². The van der Waals surface area contributed by atoms with Crippen molar-refractivity contribution in [2.24, 2.45) is 0 Å². The second-order valence-electron chi connectivity index (χ2n) is 6.06. The summed E-state index contributed by atoms with van der Waals surface area (Å²) in [7, 11) is -3.76. The van der Waals surface area contributed by atoms with Crippen LogP contribution in [0, 0.1) is 27.7 Å². The van der Waals surface area contributed by atoms with E-state index in [9.17, 15) is 13.2 Å². The van der Waals surface area contributed by atoms with Crippen LogP contribution in [0.3, 0.4) is 0 Å². The third kappa shape index (κ3) is 4.81. The van der Waals surface area contributed by atoms with Crippen LogP contribution in [-0.4, -0.2) is 20.9 Å². The monoisotopic (exact) mass is 380 g/mol. The molecule has 5 nitrogen and oxygen atoms in total. The van der Waals surface area contributed by atoms with Crippen LogP contribution in [0.4, 0.5) is 5.69 Å². The third-order valence-electron chi connectivity index (χ3n) is 3.91. The van der Waals surface area contributed by atoms with E-state index in [1.165, 1.54) is 6.07 Å². The Kier molecular flexibility index (Phi) is 5.87. The molecule has 0 aromatic heterocycles. The fourth-order valence-electron chi connectivity index (χ4n) is 2.38. The van der Waals surface area contributed by atoms with Crippen molar-refractivity contribution in [1.29, 1.82) is 0 Å². The first-order valence-corrected chi connectivity index (χ1v) is 9.60. The molecular weight excluding hydrogens is 360 g/mol. The van der Waals surface area contributed by atoms with Crippen LogP contribution >= 0.6 is 11.6 Å². The molecule has 0 aliphatic heterocycles. The summed E-state index contributed by atoms with van der Waals surface area (Å²) < 4.78 is 26.9. The predicted molar refractivity (Wildman–Crippen MR) is 101 cm³/mol. The minimum atomic E-state index is -3.76. The molecule has 0 saturated heterocycles.